The molecule has 27 heteroatoms. The minimum atomic E-state index is -1.96. The summed E-state index contributed by atoms with van der Waals surface area (Å²) in [7, 11) is 0. The Balaban J connectivity index is 1.47. The summed E-state index contributed by atoms with van der Waals surface area (Å²) in [5.74, 6) is -11.4. The second-order valence-corrected chi connectivity index (χ2v) is 17.9. The van der Waals surface area contributed by atoms with E-state index in [9.17, 15) is 68.4 Å². The molecule has 5 rings (SSSR count). The lowest BCUT2D eigenvalue weighted by Crippen LogP contribution is -2.61. The van der Waals surface area contributed by atoms with Crippen molar-refractivity contribution < 1.29 is 73.5 Å². The van der Waals surface area contributed by atoms with Gasteiger partial charge in [0.15, 0.2) is 0 Å². The van der Waals surface area contributed by atoms with Crippen molar-refractivity contribution in [3.8, 4) is 5.75 Å². The van der Waals surface area contributed by atoms with Crippen LogP contribution in [0.5, 0.6) is 5.75 Å². The Kier molecular flexibility index (Phi) is 21.2. The van der Waals surface area contributed by atoms with E-state index in [-0.39, 0.29) is 30.8 Å². The summed E-state index contributed by atoms with van der Waals surface area (Å²) in [4.78, 5) is 138. The monoisotopic (exact) mass is 1070 g/mol. The maximum absolute atomic E-state index is 14.8. The first-order valence-electron chi connectivity index (χ1n) is 23.5. The van der Waals surface area contributed by atoms with Crippen molar-refractivity contribution in [2.75, 3.05) is 25.4 Å². The number of carboxylic acid groups (broad SMARTS) is 2. The number of H-pyrrole nitrogens is 2. The van der Waals surface area contributed by atoms with Crippen LogP contribution in [-0.2, 0) is 67.2 Å². The molecule has 406 valence electrons. The zero-order chi connectivity index (χ0) is 55.6. The number of fused-ring (bicyclic) bond motifs is 2. The van der Waals surface area contributed by atoms with Crippen molar-refractivity contribution in [1.82, 2.24) is 52.5 Å². The van der Waals surface area contributed by atoms with E-state index in [1.807, 2.05) is 0 Å². The number of rotatable bonds is 28. The van der Waals surface area contributed by atoms with Crippen LogP contribution in [0.3, 0.4) is 0 Å². The number of aromatic nitrogens is 2. The number of nitrogens with one attached hydrogen (secondary N) is 10. The highest BCUT2D eigenvalue weighted by atomic mass is 32.1. The summed E-state index contributed by atoms with van der Waals surface area (Å²) in [6.45, 7) is -1.18. The van der Waals surface area contributed by atoms with E-state index >= 15 is 0 Å². The standard InChI is InChI=1S/C49H59N11O15S/c1-24(62)42(60-43(69)31(50)22-61)49(75)59-37(17-40(65)66)48(74)56-34(14-25-10-12-28(63)13-11-25)46(72)58-36(16-27-19-52-33-9-5-3-7-30(27)33)47(73)57-35(15-26-18-51-32-8-4-2-6-29(26)32)44(70)53-20-39(64)55-38(23-76)45(71)54-21-41(67)68/h2-13,18-19,24,31,34-38,42,51-52,61-63,76H,14-17,20-23,50H2,1H3,(H,53,70)(H,54,71)(H,55,64)(H,56,74)(H,57,73)(H,58,72)(H,59,75)(H,60,69)(H,65,66)(H,67,68)/t24-,31+,34+,35+,36+,37+,38+,42+/m1/s1. The quantitative estimate of drug-likeness (QED) is 0.0218. The van der Waals surface area contributed by atoms with Crippen LogP contribution in [0.4, 0.5) is 0 Å². The summed E-state index contributed by atoms with van der Waals surface area (Å²) >= 11 is 4.06. The molecule has 0 unspecified atom stereocenters. The van der Waals surface area contributed by atoms with E-state index in [0.717, 1.165) is 6.92 Å². The molecular weight excluding hydrogens is 1010 g/mol. The molecule has 0 aliphatic carbocycles. The maximum Gasteiger partial charge on any atom is 0.322 e. The number of phenols is 1. The van der Waals surface area contributed by atoms with Crippen LogP contribution in [0.25, 0.3) is 21.8 Å². The molecule has 0 aliphatic heterocycles. The topological polar surface area (TPSA) is 426 Å². The number of aromatic hydroxyl groups is 1. The molecule has 76 heavy (non-hydrogen) atoms. The lowest BCUT2D eigenvalue weighted by atomic mass is 10.00. The van der Waals surface area contributed by atoms with Gasteiger partial charge in [0, 0.05) is 59.2 Å². The molecule has 3 aromatic carbocycles. The molecule has 0 fully saturated rings. The fourth-order valence-corrected chi connectivity index (χ4v) is 8.02. The number of aromatic amines is 2. The minimum absolute atomic E-state index is 0.151. The minimum Gasteiger partial charge on any atom is -0.508 e. The number of aliphatic hydroxyl groups excluding tert-OH is 2. The number of para-hydroxylation sites is 2. The molecule has 8 amide bonds. The molecule has 2 heterocycles. The number of hydrogen-bond acceptors (Lipinski definition) is 15. The molecule has 0 saturated carbocycles. The first-order valence-corrected chi connectivity index (χ1v) is 24.1. The summed E-state index contributed by atoms with van der Waals surface area (Å²) in [5, 5.41) is 68.8. The normalized spacial score (nSPS) is 14.3. The molecule has 17 N–H and O–H groups in total. The van der Waals surface area contributed by atoms with Crippen molar-refractivity contribution in [2.45, 2.75) is 81.0 Å². The van der Waals surface area contributed by atoms with Gasteiger partial charge in [-0.2, -0.15) is 12.6 Å². The number of amides is 8. The number of carbonyl (C=O) groups is 10. The summed E-state index contributed by atoms with van der Waals surface area (Å²) in [6, 6.07) is 8.26. The predicted octanol–water partition coefficient (Wildman–Crippen LogP) is -3.29. The van der Waals surface area contributed by atoms with Gasteiger partial charge in [0.05, 0.1) is 25.7 Å². The molecule has 5 aromatic rings. The molecule has 26 nitrogen and oxygen atoms in total. The summed E-state index contributed by atoms with van der Waals surface area (Å²) in [5.41, 5.74) is 8.30. The second kappa shape index (κ2) is 27.7. The van der Waals surface area contributed by atoms with Crippen LogP contribution in [-0.4, -0.2) is 169 Å². The predicted molar refractivity (Wildman–Crippen MR) is 274 cm³/mol. The molecule has 0 radical (unpaired) electrons. The lowest BCUT2D eigenvalue weighted by molar-refractivity contribution is -0.142. The number of aliphatic hydroxyl groups is 2. The average Bonchev–Trinajstić information content (AvgIpc) is 4.00. The van der Waals surface area contributed by atoms with Crippen LogP contribution >= 0.6 is 12.6 Å². The van der Waals surface area contributed by atoms with Crippen molar-refractivity contribution in [3.63, 3.8) is 0 Å². The first kappa shape index (κ1) is 58.4. The van der Waals surface area contributed by atoms with Gasteiger partial charge in [0.1, 0.15) is 54.6 Å². The fraction of sp³-hybridized carbons (Fsp3) is 0.347. The number of carbonyl (C=O) groups excluding carboxylic acids is 8. The van der Waals surface area contributed by atoms with Gasteiger partial charge in [-0.25, -0.2) is 0 Å². The van der Waals surface area contributed by atoms with Gasteiger partial charge in [0.2, 0.25) is 47.3 Å². The highest BCUT2D eigenvalue weighted by molar-refractivity contribution is 7.80. The Hall–Kier alpha value is -8.53. The van der Waals surface area contributed by atoms with Gasteiger partial charge >= 0.3 is 11.9 Å². The molecule has 8 atom stereocenters. The van der Waals surface area contributed by atoms with Crippen molar-refractivity contribution in [3.05, 3.63) is 102 Å². The SMILES string of the molecule is C[C@@H](O)[C@H](NC(=O)[C@@H](N)CO)C(=O)N[C@@H](CC(=O)O)C(=O)N[C@@H](Cc1ccc(O)cc1)C(=O)N[C@@H](Cc1c[nH]c2ccccc12)C(=O)N[C@@H](Cc1c[nH]c2ccccc12)C(=O)NCC(=O)N[C@@H](CS)C(=O)NCC(=O)O. The van der Waals surface area contributed by atoms with Gasteiger partial charge in [-0.1, -0.05) is 48.5 Å². The summed E-state index contributed by atoms with van der Waals surface area (Å²) in [6.07, 6.45) is -0.281. The average molecular weight is 1070 g/mol. The largest absolute Gasteiger partial charge is 0.508 e. The van der Waals surface area contributed by atoms with Crippen molar-refractivity contribution >= 4 is 93.6 Å². The van der Waals surface area contributed by atoms with Gasteiger partial charge in [0.25, 0.3) is 0 Å². The van der Waals surface area contributed by atoms with E-state index in [0.29, 0.717) is 38.5 Å². The number of benzene rings is 3. The highest BCUT2D eigenvalue weighted by Crippen LogP contribution is 2.22. The van der Waals surface area contributed by atoms with Crippen LogP contribution in [0.2, 0.25) is 0 Å². The van der Waals surface area contributed by atoms with Gasteiger partial charge < -0.3 is 83.8 Å². The Bertz CT molecular complexity index is 2910. The van der Waals surface area contributed by atoms with E-state index < -0.39 is 134 Å². The lowest BCUT2D eigenvalue weighted by Gasteiger charge is -2.27. The molecule has 0 aliphatic rings. The highest BCUT2D eigenvalue weighted by Gasteiger charge is 2.36. The number of carboxylic acids is 2. The number of aliphatic carboxylic acids is 2. The number of phenolic OH excluding ortho intramolecular Hbond substituents is 1. The zero-order valence-corrected chi connectivity index (χ0v) is 41.6. The zero-order valence-electron chi connectivity index (χ0n) is 40.7. The van der Waals surface area contributed by atoms with Crippen molar-refractivity contribution in [1.29, 1.82) is 0 Å². The molecule has 0 spiro atoms. The Labute approximate surface area is 438 Å². The van der Waals surface area contributed by atoms with Crippen LogP contribution in [0, 0.1) is 0 Å². The third-order valence-electron chi connectivity index (χ3n) is 11.8. The van der Waals surface area contributed by atoms with Gasteiger partial charge in [-0.15, -0.1) is 0 Å². The smallest absolute Gasteiger partial charge is 0.322 e. The van der Waals surface area contributed by atoms with E-state index in [1.54, 1.807) is 60.9 Å². The van der Waals surface area contributed by atoms with E-state index in [4.69, 9.17) is 10.8 Å². The Morgan fingerprint density at radius 1 is 0.566 bits per heavy atom. The van der Waals surface area contributed by atoms with Crippen LogP contribution in [0.1, 0.15) is 30.0 Å². The number of hydrogen-bond donors (Lipinski definition) is 17. The van der Waals surface area contributed by atoms with Crippen LogP contribution in [0.15, 0.2) is 85.2 Å². The number of thiol groups is 1. The third kappa shape index (κ3) is 16.7. The van der Waals surface area contributed by atoms with Crippen molar-refractivity contribution in [2.24, 2.45) is 5.73 Å². The van der Waals surface area contributed by atoms with E-state index in [1.165, 1.54) is 24.3 Å². The first-order chi connectivity index (χ1) is 36.2. The van der Waals surface area contributed by atoms with E-state index in [2.05, 4.69) is 65.1 Å². The van der Waals surface area contributed by atoms with Gasteiger partial charge in [-0.05, 0) is 47.9 Å². The summed E-state index contributed by atoms with van der Waals surface area (Å²) < 4.78 is 0. The Morgan fingerprint density at radius 3 is 1.54 bits per heavy atom. The van der Waals surface area contributed by atoms with Gasteiger partial charge in [-0.3, -0.25) is 47.9 Å². The Morgan fingerprint density at radius 2 is 1.04 bits per heavy atom. The third-order valence-corrected chi connectivity index (χ3v) is 12.1. The molecular formula is C49H59N11O15S. The second-order valence-electron chi connectivity index (χ2n) is 17.5. The number of nitrogens with two attached hydrogens (primary N) is 1. The van der Waals surface area contributed by atoms with Crippen LogP contribution < -0.4 is 48.3 Å². The molecule has 0 saturated heterocycles. The molecule has 0 bridgehead atoms. The fourth-order valence-electron chi connectivity index (χ4n) is 7.76. The maximum atomic E-state index is 14.8. The molecule has 2 aromatic heterocycles.